The molecule has 0 N–H and O–H groups in total. The molecule has 60 heavy (non-hydrogen) atoms. The van der Waals surface area contributed by atoms with Crippen LogP contribution >= 0.6 is 0 Å². The fraction of sp³-hybridized carbons (Fsp3) is 0.0169. The van der Waals surface area contributed by atoms with Crippen LogP contribution in [0.5, 0.6) is 0 Å². The van der Waals surface area contributed by atoms with Crippen molar-refractivity contribution in [2.24, 2.45) is 0 Å². The maximum Gasteiger partial charge on any atom is 0.0726 e. The van der Waals surface area contributed by atoms with E-state index in [9.17, 15) is 0 Å². The first-order valence-corrected chi connectivity index (χ1v) is 20.8. The Morgan fingerprint density at radius 3 is 1.32 bits per heavy atom. The summed E-state index contributed by atoms with van der Waals surface area (Å²) in [4.78, 5) is 2.41. The van der Waals surface area contributed by atoms with Crippen molar-refractivity contribution < 1.29 is 0 Å². The Morgan fingerprint density at radius 2 is 0.650 bits per heavy atom. The summed E-state index contributed by atoms with van der Waals surface area (Å²) in [6.45, 7) is 0. The Morgan fingerprint density at radius 1 is 0.233 bits per heavy atom. The topological polar surface area (TPSA) is 3.24 Å². The molecule has 0 radical (unpaired) electrons. The van der Waals surface area contributed by atoms with E-state index >= 15 is 0 Å². The molecule has 1 spiro atoms. The first-order chi connectivity index (χ1) is 29.7. The highest BCUT2D eigenvalue weighted by Crippen LogP contribution is 2.63. The summed E-state index contributed by atoms with van der Waals surface area (Å²) in [5.41, 5.74) is 20.7. The molecule has 10 aromatic rings. The number of hydrogen-bond acceptors (Lipinski definition) is 1. The normalized spacial score (nSPS) is 12.8. The van der Waals surface area contributed by atoms with E-state index in [1.165, 1.54) is 88.7 Å². The van der Waals surface area contributed by atoms with Gasteiger partial charge in [-0.1, -0.05) is 188 Å². The van der Waals surface area contributed by atoms with Crippen molar-refractivity contribution in [2.75, 3.05) is 4.90 Å². The summed E-state index contributed by atoms with van der Waals surface area (Å²) in [6.07, 6.45) is 0. The number of benzene rings is 10. The third kappa shape index (κ3) is 5.26. The number of nitrogens with zero attached hydrogens (tertiary/aromatic N) is 1. The van der Waals surface area contributed by atoms with Crippen LogP contribution in [0.15, 0.2) is 237 Å². The number of fused-ring (bicyclic) bond motifs is 11. The van der Waals surface area contributed by atoms with Crippen molar-refractivity contribution in [2.45, 2.75) is 5.41 Å². The van der Waals surface area contributed by atoms with Gasteiger partial charge in [0.25, 0.3) is 0 Å². The van der Waals surface area contributed by atoms with Gasteiger partial charge in [-0.15, -0.1) is 0 Å². The van der Waals surface area contributed by atoms with E-state index in [2.05, 4.69) is 241 Å². The summed E-state index contributed by atoms with van der Waals surface area (Å²) in [5.74, 6) is 0. The van der Waals surface area contributed by atoms with Crippen LogP contribution < -0.4 is 4.90 Å². The molecule has 10 aromatic carbocycles. The van der Waals surface area contributed by atoms with Gasteiger partial charge < -0.3 is 4.90 Å². The summed E-state index contributed by atoms with van der Waals surface area (Å²) >= 11 is 0. The number of hydrogen-bond donors (Lipinski definition) is 0. The van der Waals surface area contributed by atoms with Crippen molar-refractivity contribution in [3.63, 3.8) is 0 Å². The SMILES string of the molecule is c1ccc(-c2ccc(-c3ccc(N(c4ccccc4)c4ccc5c(c4)C4(c6ccccc6-c6ccccc64)c4cc(-c6ccc7ccccc7c6)ccc4-5)cc3)cc2)cc1. The minimum absolute atomic E-state index is 0.487. The van der Waals surface area contributed by atoms with Gasteiger partial charge in [-0.25, -0.2) is 0 Å². The van der Waals surface area contributed by atoms with Gasteiger partial charge in [-0.2, -0.15) is 0 Å². The van der Waals surface area contributed by atoms with Gasteiger partial charge in [-0.3, -0.25) is 0 Å². The molecule has 0 bridgehead atoms. The van der Waals surface area contributed by atoms with Gasteiger partial charge in [0.15, 0.2) is 0 Å². The van der Waals surface area contributed by atoms with Crippen LogP contribution in [0.25, 0.3) is 66.4 Å². The molecule has 2 aliphatic carbocycles. The minimum atomic E-state index is -0.487. The summed E-state index contributed by atoms with van der Waals surface area (Å²) in [6, 6.07) is 87.3. The summed E-state index contributed by atoms with van der Waals surface area (Å²) in [5, 5.41) is 2.51. The Hall–Kier alpha value is -7.74. The predicted octanol–water partition coefficient (Wildman–Crippen LogP) is 15.7. The molecule has 12 rings (SSSR count). The fourth-order valence-electron chi connectivity index (χ4n) is 10.1. The molecule has 2 aliphatic rings. The van der Waals surface area contributed by atoms with Crippen LogP contribution in [0, 0.1) is 0 Å². The van der Waals surface area contributed by atoms with E-state index < -0.39 is 5.41 Å². The van der Waals surface area contributed by atoms with Crippen molar-refractivity contribution >= 4 is 27.8 Å². The van der Waals surface area contributed by atoms with E-state index in [-0.39, 0.29) is 0 Å². The van der Waals surface area contributed by atoms with Gasteiger partial charge >= 0.3 is 0 Å². The molecule has 0 saturated carbocycles. The van der Waals surface area contributed by atoms with Crippen molar-refractivity contribution in [1.82, 2.24) is 0 Å². The van der Waals surface area contributed by atoms with Gasteiger partial charge in [0.2, 0.25) is 0 Å². The molecule has 0 amide bonds. The van der Waals surface area contributed by atoms with Crippen molar-refractivity contribution in [1.29, 1.82) is 0 Å². The molecule has 1 heteroatoms. The van der Waals surface area contributed by atoms with Gasteiger partial charge in [0, 0.05) is 17.1 Å². The van der Waals surface area contributed by atoms with Crippen LogP contribution in [-0.4, -0.2) is 0 Å². The van der Waals surface area contributed by atoms with E-state index in [1.807, 2.05) is 0 Å². The zero-order valence-electron chi connectivity index (χ0n) is 33.0. The van der Waals surface area contributed by atoms with Crippen LogP contribution in [0.3, 0.4) is 0 Å². The molecule has 0 aliphatic heterocycles. The average molecular weight is 762 g/mol. The Labute approximate surface area is 351 Å². The number of anilines is 3. The predicted molar refractivity (Wildman–Crippen MR) is 251 cm³/mol. The molecular weight excluding hydrogens is 723 g/mol. The number of para-hydroxylation sites is 1. The molecule has 0 atom stereocenters. The molecule has 1 nitrogen and oxygen atoms in total. The highest BCUT2D eigenvalue weighted by Gasteiger charge is 2.52. The lowest BCUT2D eigenvalue weighted by atomic mass is 9.70. The highest BCUT2D eigenvalue weighted by molar-refractivity contribution is 5.98. The summed E-state index contributed by atoms with van der Waals surface area (Å²) in [7, 11) is 0. The lowest BCUT2D eigenvalue weighted by molar-refractivity contribution is 0.794. The Kier molecular flexibility index (Phi) is 7.83. The minimum Gasteiger partial charge on any atom is -0.310 e. The van der Waals surface area contributed by atoms with Crippen molar-refractivity contribution in [3.05, 3.63) is 259 Å². The molecule has 280 valence electrons. The maximum atomic E-state index is 2.48. The van der Waals surface area contributed by atoms with Crippen LogP contribution in [0.4, 0.5) is 17.1 Å². The molecule has 0 fully saturated rings. The second-order valence-corrected chi connectivity index (χ2v) is 16.1. The van der Waals surface area contributed by atoms with E-state index in [1.54, 1.807) is 0 Å². The van der Waals surface area contributed by atoms with Gasteiger partial charge in [-0.05, 0) is 137 Å². The Bertz CT molecular complexity index is 3190. The first kappa shape index (κ1) is 34.3. The fourth-order valence-corrected chi connectivity index (χ4v) is 10.1. The maximum absolute atomic E-state index is 2.48. The van der Waals surface area contributed by atoms with E-state index in [4.69, 9.17) is 0 Å². The van der Waals surface area contributed by atoms with Gasteiger partial charge in [0.05, 0.1) is 5.41 Å². The van der Waals surface area contributed by atoms with Crippen LogP contribution in [0.2, 0.25) is 0 Å². The second-order valence-electron chi connectivity index (χ2n) is 16.1. The van der Waals surface area contributed by atoms with E-state index in [0.717, 1.165) is 17.1 Å². The average Bonchev–Trinajstić information content (AvgIpc) is 3.79. The van der Waals surface area contributed by atoms with E-state index in [0.29, 0.717) is 0 Å². The molecule has 0 unspecified atom stereocenters. The lowest BCUT2D eigenvalue weighted by Crippen LogP contribution is -2.26. The first-order valence-electron chi connectivity index (χ1n) is 20.8. The third-order valence-electron chi connectivity index (χ3n) is 12.9. The molecule has 0 aromatic heterocycles. The third-order valence-corrected chi connectivity index (χ3v) is 12.9. The largest absolute Gasteiger partial charge is 0.310 e. The van der Waals surface area contributed by atoms with Crippen LogP contribution in [0.1, 0.15) is 22.3 Å². The molecular formula is C59H39N. The lowest BCUT2D eigenvalue weighted by Gasteiger charge is -2.32. The molecule has 0 saturated heterocycles. The second kappa shape index (κ2) is 13.7. The molecule has 0 heterocycles. The number of rotatable bonds is 6. The quantitative estimate of drug-likeness (QED) is 0.163. The van der Waals surface area contributed by atoms with Crippen molar-refractivity contribution in [3.8, 4) is 55.6 Å². The zero-order valence-corrected chi connectivity index (χ0v) is 33.0. The van der Waals surface area contributed by atoms with Crippen LogP contribution in [-0.2, 0) is 5.41 Å². The Balaban J connectivity index is 1.02. The highest BCUT2D eigenvalue weighted by atomic mass is 15.1. The van der Waals surface area contributed by atoms with Gasteiger partial charge in [0.1, 0.15) is 0 Å². The summed E-state index contributed by atoms with van der Waals surface area (Å²) < 4.78 is 0. The monoisotopic (exact) mass is 761 g/mol. The zero-order chi connectivity index (χ0) is 39.6. The standard InChI is InChI=1S/C59H39N/c1-3-13-40(14-4-1)42-23-25-43(26-24-42)44-29-32-49(33-30-44)60(48-17-5-2-6-18-48)50-34-36-54-53-35-31-47(46-28-27-41-15-7-8-16-45(41)37-46)38-57(53)59(58(54)39-50)55-21-11-9-19-51(55)52-20-10-12-22-56(52)59/h1-39H. The smallest absolute Gasteiger partial charge is 0.0726 e.